The van der Waals surface area contributed by atoms with Gasteiger partial charge in [0.15, 0.2) is 0 Å². The van der Waals surface area contributed by atoms with Gasteiger partial charge in [0.25, 0.3) is 0 Å². The van der Waals surface area contributed by atoms with Crippen LogP contribution in [0.5, 0.6) is 0 Å². The molecular formula is C16H27NO4. The van der Waals surface area contributed by atoms with Crippen molar-refractivity contribution in [3.8, 4) is 0 Å². The fraction of sp³-hybridized carbons (Fsp3) is 0.750. The van der Waals surface area contributed by atoms with Crippen LogP contribution in [0.25, 0.3) is 0 Å². The molecule has 0 radical (unpaired) electrons. The molecule has 2 rings (SSSR count). The molecule has 0 aliphatic heterocycles. The number of aliphatic hydroxyl groups is 2. The fourth-order valence-electron chi connectivity index (χ4n) is 2.99. The summed E-state index contributed by atoms with van der Waals surface area (Å²) >= 11 is 0. The number of nitrogens with zero attached hydrogens (tertiary/aromatic N) is 1. The molecule has 1 unspecified atom stereocenters. The highest BCUT2D eigenvalue weighted by molar-refractivity contribution is 4.96. The van der Waals surface area contributed by atoms with Crippen molar-refractivity contribution in [2.45, 2.75) is 44.4 Å². The molecule has 1 fully saturated rings. The van der Waals surface area contributed by atoms with E-state index < -0.39 is 6.10 Å². The second-order valence-electron chi connectivity index (χ2n) is 6.05. The van der Waals surface area contributed by atoms with E-state index in [-0.39, 0.29) is 0 Å². The monoisotopic (exact) mass is 297 g/mol. The number of ether oxygens (including phenoxy) is 1. The van der Waals surface area contributed by atoms with E-state index in [0.29, 0.717) is 38.3 Å². The van der Waals surface area contributed by atoms with Crippen LogP contribution in [0.3, 0.4) is 0 Å². The molecule has 1 aromatic heterocycles. The van der Waals surface area contributed by atoms with Gasteiger partial charge in [-0.25, -0.2) is 0 Å². The van der Waals surface area contributed by atoms with E-state index in [1.54, 1.807) is 6.26 Å². The molecule has 21 heavy (non-hydrogen) atoms. The molecule has 1 aliphatic rings. The predicted octanol–water partition coefficient (Wildman–Crippen LogP) is 1.64. The smallest absolute Gasteiger partial charge is 0.129 e. The number of likely N-dealkylation sites (N-methyl/N-ethyl adjacent to an activating group) is 1. The molecule has 0 amide bonds. The van der Waals surface area contributed by atoms with Gasteiger partial charge in [-0.1, -0.05) is 0 Å². The maximum atomic E-state index is 10.0. The van der Waals surface area contributed by atoms with Gasteiger partial charge in [-0.3, -0.25) is 0 Å². The fourth-order valence-corrected chi connectivity index (χ4v) is 2.99. The lowest BCUT2D eigenvalue weighted by atomic mass is 9.86. The summed E-state index contributed by atoms with van der Waals surface area (Å²) in [6.45, 7) is 1.64. The van der Waals surface area contributed by atoms with Gasteiger partial charge >= 0.3 is 0 Å². The lowest BCUT2D eigenvalue weighted by Crippen LogP contribution is -2.41. The molecule has 0 saturated heterocycles. The molecule has 120 valence electrons. The molecule has 1 atom stereocenters. The zero-order valence-corrected chi connectivity index (χ0v) is 12.8. The molecule has 5 nitrogen and oxygen atoms in total. The molecule has 0 spiro atoms. The van der Waals surface area contributed by atoms with Gasteiger partial charge in [0.05, 0.1) is 19.0 Å². The third kappa shape index (κ3) is 5.43. The van der Waals surface area contributed by atoms with E-state index in [4.69, 9.17) is 14.3 Å². The summed E-state index contributed by atoms with van der Waals surface area (Å²) in [5.74, 6) is 1.24. The summed E-state index contributed by atoms with van der Waals surface area (Å²) < 4.78 is 10.6. The maximum absolute atomic E-state index is 10.0. The minimum Gasteiger partial charge on any atom is -0.467 e. The van der Waals surface area contributed by atoms with E-state index in [2.05, 4.69) is 11.9 Å². The van der Waals surface area contributed by atoms with Crippen LogP contribution in [0.15, 0.2) is 22.8 Å². The van der Waals surface area contributed by atoms with Crippen molar-refractivity contribution in [2.75, 3.05) is 26.8 Å². The van der Waals surface area contributed by atoms with Crippen LogP contribution in [0, 0.1) is 5.92 Å². The number of furan rings is 1. The molecule has 2 N–H and O–H groups in total. The summed E-state index contributed by atoms with van der Waals surface area (Å²) in [5.41, 5.74) is 0. The Hall–Kier alpha value is -0.880. The van der Waals surface area contributed by atoms with Crippen LogP contribution >= 0.6 is 0 Å². The number of hydrogen-bond acceptors (Lipinski definition) is 5. The lowest BCUT2D eigenvalue weighted by Gasteiger charge is -2.35. The molecule has 0 aromatic carbocycles. The minimum atomic E-state index is -0.486. The Labute approximate surface area is 126 Å². The first-order valence-corrected chi connectivity index (χ1v) is 7.78. The zero-order chi connectivity index (χ0) is 15.1. The number of rotatable bonds is 8. The van der Waals surface area contributed by atoms with Gasteiger partial charge in [0, 0.05) is 19.2 Å². The Morgan fingerprint density at radius 2 is 2.14 bits per heavy atom. The van der Waals surface area contributed by atoms with Crippen LogP contribution in [0.4, 0.5) is 0 Å². The van der Waals surface area contributed by atoms with Crippen LogP contribution in [0.2, 0.25) is 0 Å². The van der Waals surface area contributed by atoms with Gasteiger partial charge in [-0.05, 0) is 50.8 Å². The second kappa shape index (κ2) is 8.54. The second-order valence-corrected chi connectivity index (χ2v) is 6.05. The highest BCUT2D eigenvalue weighted by Crippen LogP contribution is 2.26. The first-order valence-electron chi connectivity index (χ1n) is 7.78. The molecular weight excluding hydrogens is 270 g/mol. The van der Waals surface area contributed by atoms with E-state index in [1.807, 2.05) is 12.1 Å². The van der Waals surface area contributed by atoms with Gasteiger partial charge < -0.3 is 24.3 Å². The Kier molecular flexibility index (Phi) is 6.70. The topological polar surface area (TPSA) is 66.1 Å². The maximum Gasteiger partial charge on any atom is 0.129 e. The summed E-state index contributed by atoms with van der Waals surface area (Å²) in [6, 6.07) is 4.19. The molecule has 1 aromatic rings. The van der Waals surface area contributed by atoms with Gasteiger partial charge in [0.1, 0.15) is 12.4 Å². The Balaban J connectivity index is 1.61. The summed E-state index contributed by atoms with van der Waals surface area (Å²) in [5, 5.41) is 19.2. The molecule has 1 heterocycles. The zero-order valence-electron chi connectivity index (χ0n) is 12.8. The van der Waals surface area contributed by atoms with Crippen molar-refractivity contribution in [3.05, 3.63) is 24.2 Å². The van der Waals surface area contributed by atoms with Crippen molar-refractivity contribution < 1.29 is 19.4 Å². The number of hydrogen-bond donors (Lipinski definition) is 2. The van der Waals surface area contributed by atoms with Gasteiger partial charge in [-0.15, -0.1) is 0 Å². The lowest BCUT2D eigenvalue weighted by molar-refractivity contribution is -0.00148. The van der Waals surface area contributed by atoms with Crippen molar-refractivity contribution in [1.82, 2.24) is 4.90 Å². The molecule has 0 bridgehead atoms. The quantitative estimate of drug-likeness (QED) is 0.763. The summed E-state index contributed by atoms with van der Waals surface area (Å²) in [7, 11) is 2.06. The Morgan fingerprint density at radius 3 is 2.76 bits per heavy atom. The van der Waals surface area contributed by atoms with Crippen LogP contribution in [-0.2, 0) is 11.3 Å². The van der Waals surface area contributed by atoms with Crippen molar-refractivity contribution in [2.24, 2.45) is 5.92 Å². The average Bonchev–Trinajstić information content (AvgIpc) is 3.00. The van der Waals surface area contributed by atoms with E-state index in [9.17, 15) is 5.11 Å². The van der Waals surface area contributed by atoms with E-state index >= 15 is 0 Å². The van der Waals surface area contributed by atoms with Crippen molar-refractivity contribution in [1.29, 1.82) is 0 Å². The SMILES string of the molecule is CN(CC(O)COCc1ccco1)C1CCC(CO)CC1. The molecule has 1 aliphatic carbocycles. The highest BCUT2D eigenvalue weighted by atomic mass is 16.5. The Morgan fingerprint density at radius 1 is 1.38 bits per heavy atom. The Bertz CT molecular complexity index is 374. The first kappa shape index (κ1) is 16.5. The van der Waals surface area contributed by atoms with Crippen molar-refractivity contribution in [3.63, 3.8) is 0 Å². The normalized spacial score (nSPS) is 24.4. The summed E-state index contributed by atoms with van der Waals surface area (Å²) in [6.07, 6.45) is 5.49. The van der Waals surface area contributed by atoms with Gasteiger partial charge in [-0.2, -0.15) is 0 Å². The predicted molar refractivity (Wildman–Crippen MR) is 79.8 cm³/mol. The number of aliphatic hydroxyl groups excluding tert-OH is 2. The minimum absolute atomic E-state index is 0.305. The highest BCUT2D eigenvalue weighted by Gasteiger charge is 2.24. The standard InChI is InChI=1S/C16H27NO4/c1-17(14-6-4-13(10-18)5-7-14)9-15(19)11-20-12-16-3-2-8-21-16/h2-3,8,13-15,18-19H,4-7,9-12H2,1H3. The van der Waals surface area contributed by atoms with Crippen LogP contribution in [-0.4, -0.2) is 54.1 Å². The summed E-state index contributed by atoms with van der Waals surface area (Å²) in [4.78, 5) is 2.22. The van der Waals surface area contributed by atoms with E-state index in [1.165, 1.54) is 0 Å². The van der Waals surface area contributed by atoms with Crippen LogP contribution < -0.4 is 0 Å². The molecule has 5 heteroatoms. The van der Waals surface area contributed by atoms with Crippen LogP contribution in [0.1, 0.15) is 31.4 Å². The third-order valence-electron chi connectivity index (χ3n) is 4.33. The average molecular weight is 297 g/mol. The first-order chi connectivity index (χ1) is 10.2. The molecule has 1 saturated carbocycles. The van der Waals surface area contributed by atoms with Gasteiger partial charge in [0.2, 0.25) is 0 Å². The van der Waals surface area contributed by atoms with E-state index in [0.717, 1.165) is 31.4 Å². The largest absolute Gasteiger partial charge is 0.467 e. The van der Waals surface area contributed by atoms with Crippen molar-refractivity contribution >= 4 is 0 Å². The third-order valence-corrected chi connectivity index (χ3v) is 4.33.